The number of aliphatic carboxylic acids is 2. The molecule has 0 aliphatic rings. The van der Waals surface area contributed by atoms with E-state index in [1.54, 1.807) is 18.2 Å². The predicted octanol–water partition coefficient (Wildman–Crippen LogP) is 0.298. The van der Waals surface area contributed by atoms with E-state index in [2.05, 4.69) is 0 Å². The molecule has 0 unspecified atom stereocenters. The number of hydrogen-bond donors (Lipinski definition) is 2. The van der Waals surface area contributed by atoms with Gasteiger partial charge in [0.15, 0.2) is 0 Å². The number of carbonyl (C=O) groups is 3. The van der Waals surface area contributed by atoms with Gasteiger partial charge in [0.05, 0.1) is 0 Å². The molecule has 0 aliphatic carbocycles. The Kier molecular flexibility index (Phi) is 4.21. The molecular weight excluding hydrogens is 226 g/mol. The quantitative estimate of drug-likeness (QED) is 0.767. The van der Waals surface area contributed by atoms with Crippen LogP contribution in [-0.4, -0.2) is 46.0 Å². The SMILES string of the molecule is O=C(O)CN(CC(=O)O)C(=O)c1ccccc1. The largest absolute Gasteiger partial charge is 0.480 e. The van der Waals surface area contributed by atoms with Crippen LogP contribution in [0.25, 0.3) is 0 Å². The summed E-state index contributed by atoms with van der Waals surface area (Å²) in [5.74, 6) is -3.12. The zero-order chi connectivity index (χ0) is 12.8. The third-order valence-corrected chi connectivity index (χ3v) is 1.96. The zero-order valence-corrected chi connectivity index (χ0v) is 8.87. The standard InChI is InChI=1S/C11H11NO5/c13-9(14)6-12(7-10(15)16)11(17)8-4-2-1-3-5-8/h1-5H,6-7H2,(H,13,14)(H,15,16). The van der Waals surface area contributed by atoms with Gasteiger partial charge in [0, 0.05) is 5.56 Å². The topological polar surface area (TPSA) is 94.9 Å². The van der Waals surface area contributed by atoms with E-state index >= 15 is 0 Å². The Morgan fingerprint density at radius 1 is 0.941 bits per heavy atom. The van der Waals surface area contributed by atoms with E-state index in [0.29, 0.717) is 0 Å². The second-order valence-electron chi connectivity index (χ2n) is 3.31. The van der Waals surface area contributed by atoms with E-state index in [9.17, 15) is 14.4 Å². The predicted molar refractivity (Wildman–Crippen MR) is 57.6 cm³/mol. The Hall–Kier alpha value is -2.37. The molecule has 0 saturated carbocycles. The van der Waals surface area contributed by atoms with Crippen LogP contribution in [0.2, 0.25) is 0 Å². The highest BCUT2D eigenvalue weighted by Crippen LogP contribution is 2.04. The molecule has 0 atom stereocenters. The fourth-order valence-electron chi connectivity index (χ4n) is 1.29. The molecule has 6 nitrogen and oxygen atoms in total. The summed E-state index contributed by atoms with van der Waals surface area (Å²) in [7, 11) is 0. The van der Waals surface area contributed by atoms with Crippen LogP contribution < -0.4 is 0 Å². The maximum atomic E-state index is 11.8. The number of nitrogens with zero attached hydrogens (tertiary/aromatic N) is 1. The minimum atomic E-state index is -1.25. The minimum Gasteiger partial charge on any atom is -0.480 e. The molecule has 1 aromatic rings. The minimum absolute atomic E-state index is 0.259. The first-order valence-electron chi connectivity index (χ1n) is 4.78. The lowest BCUT2D eigenvalue weighted by Crippen LogP contribution is -2.39. The molecule has 1 aromatic carbocycles. The second kappa shape index (κ2) is 5.64. The normalized spacial score (nSPS) is 9.65. The van der Waals surface area contributed by atoms with Crippen molar-refractivity contribution in [3.05, 3.63) is 35.9 Å². The molecule has 0 bridgehead atoms. The van der Waals surface area contributed by atoms with Gasteiger partial charge in [-0.2, -0.15) is 0 Å². The average molecular weight is 237 g/mol. The van der Waals surface area contributed by atoms with Crippen LogP contribution in [0.15, 0.2) is 30.3 Å². The van der Waals surface area contributed by atoms with Crippen molar-refractivity contribution in [3.8, 4) is 0 Å². The average Bonchev–Trinajstić information content (AvgIpc) is 2.27. The highest BCUT2D eigenvalue weighted by Gasteiger charge is 2.20. The van der Waals surface area contributed by atoms with E-state index in [0.717, 1.165) is 4.90 Å². The third-order valence-electron chi connectivity index (χ3n) is 1.96. The number of carbonyl (C=O) groups excluding carboxylic acids is 1. The number of amides is 1. The molecule has 1 rings (SSSR count). The number of carboxylic acids is 2. The molecule has 0 fully saturated rings. The highest BCUT2D eigenvalue weighted by atomic mass is 16.4. The van der Waals surface area contributed by atoms with Gasteiger partial charge in [-0.05, 0) is 12.1 Å². The summed E-state index contributed by atoms with van der Waals surface area (Å²) in [6.45, 7) is -1.28. The number of carboxylic acid groups (broad SMARTS) is 2. The van der Waals surface area contributed by atoms with Crippen molar-refractivity contribution in [2.45, 2.75) is 0 Å². The van der Waals surface area contributed by atoms with Crippen LogP contribution in [0, 0.1) is 0 Å². The molecule has 0 aromatic heterocycles. The van der Waals surface area contributed by atoms with E-state index in [4.69, 9.17) is 10.2 Å². The molecule has 1 amide bonds. The zero-order valence-electron chi connectivity index (χ0n) is 8.87. The summed E-state index contributed by atoms with van der Waals surface area (Å²) >= 11 is 0. The first-order valence-corrected chi connectivity index (χ1v) is 4.78. The first kappa shape index (κ1) is 12.7. The van der Waals surface area contributed by atoms with Crippen LogP contribution in [0.4, 0.5) is 0 Å². The van der Waals surface area contributed by atoms with Gasteiger partial charge in [0.25, 0.3) is 5.91 Å². The summed E-state index contributed by atoms with van der Waals surface area (Å²) in [5.41, 5.74) is 0.259. The Morgan fingerprint density at radius 2 is 1.41 bits per heavy atom. The summed E-state index contributed by atoms with van der Waals surface area (Å²) in [6, 6.07) is 7.94. The van der Waals surface area contributed by atoms with E-state index in [1.807, 2.05) is 0 Å². The molecule has 17 heavy (non-hydrogen) atoms. The number of hydrogen-bond acceptors (Lipinski definition) is 3. The Morgan fingerprint density at radius 3 is 1.82 bits per heavy atom. The van der Waals surface area contributed by atoms with Crippen LogP contribution >= 0.6 is 0 Å². The molecule has 2 N–H and O–H groups in total. The number of benzene rings is 1. The molecule has 0 aliphatic heterocycles. The Bertz CT molecular complexity index is 413. The molecule has 0 radical (unpaired) electrons. The van der Waals surface area contributed by atoms with Gasteiger partial charge in [-0.3, -0.25) is 14.4 Å². The monoisotopic (exact) mass is 237 g/mol. The van der Waals surface area contributed by atoms with E-state index < -0.39 is 30.9 Å². The fourth-order valence-corrected chi connectivity index (χ4v) is 1.29. The number of rotatable bonds is 5. The summed E-state index contributed by atoms with van der Waals surface area (Å²) in [6.07, 6.45) is 0. The van der Waals surface area contributed by atoms with Crippen molar-refractivity contribution < 1.29 is 24.6 Å². The Balaban J connectivity index is 2.86. The molecule has 0 saturated heterocycles. The van der Waals surface area contributed by atoms with Crippen molar-refractivity contribution in [2.24, 2.45) is 0 Å². The van der Waals surface area contributed by atoms with Crippen LogP contribution in [0.1, 0.15) is 10.4 Å². The lowest BCUT2D eigenvalue weighted by molar-refractivity contribution is -0.140. The smallest absolute Gasteiger partial charge is 0.323 e. The van der Waals surface area contributed by atoms with Crippen molar-refractivity contribution in [1.29, 1.82) is 0 Å². The van der Waals surface area contributed by atoms with Crippen molar-refractivity contribution >= 4 is 17.8 Å². The molecule has 0 heterocycles. The molecule has 90 valence electrons. The maximum Gasteiger partial charge on any atom is 0.323 e. The molecule has 0 spiro atoms. The van der Waals surface area contributed by atoms with E-state index in [-0.39, 0.29) is 5.56 Å². The van der Waals surface area contributed by atoms with Gasteiger partial charge in [-0.15, -0.1) is 0 Å². The van der Waals surface area contributed by atoms with Crippen LogP contribution in [-0.2, 0) is 9.59 Å². The van der Waals surface area contributed by atoms with Gasteiger partial charge in [-0.1, -0.05) is 18.2 Å². The van der Waals surface area contributed by atoms with Gasteiger partial charge in [0.1, 0.15) is 13.1 Å². The highest BCUT2D eigenvalue weighted by molar-refractivity contribution is 5.97. The van der Waals surface area contributed by atoms with Crippen molar-refractivity contribution in [2.75, 3.05) is 13.1 Å². The lowest BCUT2D eigenvalue weighted by Gasteiger charge is -2.18. The van der Waals surface area contributed by atoms with Crippen molar-refractivity contribution in [1.82, 2.24) is 4.90 Å². The van der Waals surface area contributed by atoms with Crippen molar-refractivity contribution in [3.63, 3.8) is 0 Å². The molecule has 6 heteroatoms. The van der Waals surface area contributed by atoms with Crippen LogP contribution in [0.3, 0.4) is 0 Å². The second-order valence-corrected chi connectivity index (χ2v) is 3.31. The summed E-state index contributed by atoms with van der Waals surface area (Å²) in [4.78, 5) is 33.7. The summed E-state index contributed by atoms with van der Waals surface area (Å²) < 4.78 is 0. The fraction of sp³-hybridized carbons (Fsp3) is 0.182. The lowest BCUT2D eigenvalue weighted by atomic mass is 10.2. The van der Waals surface area contributed by atoms with Gasteiger partial charge in [-0.25, -0.2) is 0 Å². The van der Waals surface area contributed by atoms with Gasteiger partial charge < -0.3 is 15.1 Å². The maximum absolute atomic E-state index is 11.8. The first-order chi connectivity index (χ1) is 8.00. The molecular formula is C11H11NO5. The van der Waals surface area contributed by atoms with Crippen LogP contribution in [0.5, 0.6) is 0 Å². The van der Waals surface area contributed by atoms with E-state index in [1.165, 1.54) is 12.1 Å². The summed E-state index contributed by atoms with van der Waals surface area (Å²) in [5, 5.41) is 17.2. The Labute approximate surface area is 97.1 Å². The van der Waals surface area contributed by atoms with Gasteiger partial charge >= 0.3 is 11.9 Å². The third kappa shape index (κ3) is 3.94. The van der Waals surface area contributed by atoms with Gasteiger partial charge in [0.2, 0.25) is 0 Å².